The van der Waals surface area contributed by atoms with Gasteiger partial charge in [-0.05, 0) is 16.7 Å². The molecule has 0 aliphatic rings. The van der Waals surface area contributed by atoms with Crippen LogP contribution in [0.4, 0.5) is 0 Å². The SMILES string of the molecule is O=C([O-])c1ccccc1.O=C([O-])c1ccccc1.O=C([O-])c1ccccc1.[Na+].[S+2]. The summed E-state index contributed by atoms with van der Waals surface area (Å²) in [6.07, 6.45) is 0. The third-order valence-corrected chi connectivity index (χ3v) is 3.03. The first kappa shape index (κ1) is 28.6. The molecule has 0 atom stereocenters. The van der Waals surface area contributed by atoms with E-state index in [1.165, 1.54) is 36.4 Å². The number of aromatic carboxylic acids is 3. The normalized spacial score (nSPS) is 8.28. The van der Waals surface area contributed by atoms with Crippen LogP contribution in [0.1, 0.15) is 31.1 Å². The second-order valence-electron chi connectivity index (χ2n) is 4.96. The molecule has 0 bridgehead atoms. The van der Waals surface area contributed by atoms with Crippen LogP contribution in [-0.4, -0.2) is 17.9 Å². The van der Waals surface area contributed by atoms with Crippen LogP contribution in [0.25, 0.3) is 0 Å². The molecule has 0 saturated carbocycles. The molecule has 0 aliphatic heterocycles. The number of hydrogen-bond acceptors (Lipinski definition) is 6. The van der Waals surface area contributed by atoms with Crippen molar-refractivity contribution < 1.29 is 59.3 Å². The van der Waals surface area contributed by atoms with Crippen LogP contribution in [0.5, 0.6) is 0 Å². The maximum absolute atomic E-state index is 10.1. The van der Waals surface area contributed by atoms with Gasteiger partial charge in [-0.1, -0.05) is 91.0 Å². The van der Waals surface area contributed by atoms with Crippen molar-refractivity contribution in [3.05, 3.63) is 108 Å². The van der Waals surface area contributed by atoms with Crippen LogP contribution in [0, 0.1) is 0 Å². The van der Waals surface area contributed by atoms with Gasteiger partial charge in [0.25, 0.3) is 0 Å². The zero-order valence-corrected chi connectivity index (χ0v) is 18.3. The van der Waals surface area contributed by atoms with Crippen molar-refractivity contribution in [1.29, 1.82) is 0 Å². The molecule has 3 aromatic rings. The quantitative estimate of drug-likeness (QED) is 0.423. The molecule has 3 rings (SSSR count). The summed E-state index contributed by atoms with van der Waals surface area (Å²) < 4.78 is 0. The van der Waals surface area contributed by atoms with E-state index in [9.17, 15) is 29.7 Å². The Morgan fingerprint density at radius 1 is 0.448 bits per heavy atom. The Kier molecular flexibility index (Phi) is 16.2. The summed E-state index contributed by atoms with van der Waals surface area (Å²) in [7, 11) is 0. The molecule has 0 N–H and O–H groups in total. The van der Waals surface area contributed by atoms with Gasteiger partial charge in [-0.15, -0.1) is 0 Å². The van der Waals surface area contributed by atoms with Crippen molar-refractivity contribution in [3.63, 3.8) is 0 Å². The van der Waals surface area contributed by atoms with Crippen LogP contribution < -0.4 is 44.9 Å². The van der Waals surface area contributed by atoms with Gasteiger partial charge in [0.2, 0.25) is 0 Å². The van der Waals surface area contributed by atoms with Crippen LogP contribution in [0.3, 0.4) is 0 Å². The van der Waals surface area contributed by atoms with Gasteiger partial charge < -0.3 is 29.7 Å². The van der Waals surface area contributed by atoms with Gasteiger partial charge in [0.05, 0.1) is 17.9 Å². The van der Waals surface area contributed by atoms with Crippen molar-refractivity contribution >= 4 is 31.4 Å². The molecule has 29 heavy (non-hydrogen) atoms. The Morgan fingerprint density at radius 2 is 0.621 bits per heavy atom. The Hall–Kier alpha value is -2.58. The van der Waals surface area contributed by atoms with Crippen molar-refractivity contribution in [2.24, 2.45) is 0 Å². The molecule has 0 aromatic heterocycles. The molecule has 0 aliphatic carbocycles. The number of carbonyl (C=O) groups excluding carboxylic acids is 3. The van der Waals surface area contributed by atoms with Gasteiger partial charge in [0.15, 0.2) is 0 Å². The molecule has 0 spiro atoms. The summed E-state index contributed by atoms with van der Waals surface area (Å²) in [4.78, 5) is 30.3. The summed E-state index contributed by atoms with van der Waals surface area (Å²) in [5.41, 5.74) is 0.660. The molecule has 8 heteroatoms. The van der Waals surface area contributed by atoms with E-state index in [-0.39, 0.29) is 59.7 Å². The number of benzene rings is 3. The molecule has 3 aromatic carbocycles. The summed E-state index contributed by atoms with van der Waals surface area (Å²) in [5, 5.41) is 30.3. The van der Waals surface area contributed by atoms with Crippen molar-refractivity contribution in [3.8, 4) is 0 Å². The molecule has 4 radical (unpaired) electrons. The van der Waals surface area contributed by atoms with Crippen LogP contribution in [-0.2, 0) is 13.5 Å². The molecule has 0 unspecified atom stereocenters. The smallest absolute Gasteiger partial charge is 0.545 e. The van der Waals surface area contributed by atoms with E-state index < -0.39 is 17.9 Å². The predicted molar refractivity (Wildman–Crippen MR) is 99.7 cm³/mol. The molecular formula is C21H15NaO6S. The first-order valence-electron chi connectivity index (χ1n) is 7.71. The number of rotatable bonds is 3. The van der Waals surface area contributed by atoms with Gasteiger partial charge in [-0.2, -0.15) is 0 Å². The topological polar surface area (TPSA) is 120 Å². The number of carboxylic acids is 3. The number of carboxylic acid groups (broad SMARTS) is 3. The van der Waals surface area contributed by atoms with Crippen LogP contribution >= 0.6 is 0 Å². The maximum atomic E-state index is 10.1. The summed E-state index contributed by atoms with van der Waals surface area (Å²) in [6, 6.07) is 24.2. The number of carbonyl (C=O) groups is 3. The second-order valence-corrected chi connectivity index (χ2v) is 4.96. The molecule has 0 fully saturated rings. The fourth-order valence-electron chi connectivity index (χ4n) is 1.72. The van der Waals surface area contributed by atoms with E-state index in [4.69, 9.17) is 0 Å². The van der Waals surface area contributed by atoms with E-state index in [1.54, 1.807) is 54.6 Å². The maximum Gasteiger partial charge on any atom is 2.00 e. The molecule has 6 nitrogen and oxygen atoms in total. The summed E-state index contributed by atoms with van der Waals surface area (Å²) in [5.74, 6) is -3.39. The fourth-order valence-corrected chi connectivity index (χ4v) is 1.72. The summed E-state index contributed by atoms with van der Waals surface area (Å²) >= 11 is 0. The first-order valence-corrected chi connectivity index (χ1v) is 7.71. The Balaban J connectivity index is 0. The van der Waals surface area contributed by atoms with E-state index in [0.29, 0.717) is 0 Å². The molecule has 142 valence electrons. The Bertz CT molecular complexity index is 740. The average Bonchev–Trinajstić information content (AvgIpc) is 2.71. The van der Waals surface area contributed by atoms with Crippen molar-refractivity contribution in [2.75, 3.05) is 0 Å². The van der Waals surface area contributed by atoms with Gasteiger partial charge in [0.1, 0.15) is 0 Å². The van der Waals surface area contributed by atoms with Crippen molar-refractivity contribution in [2.45, 2.75) is 0 Å². The monoisotopic (exact) mass is 418 g/mol. The molecule has 0 amide bonds. The Labute approximate surface area is 197 Å². The minimum Gasteiger partial charge on any atom is -0.545 e. The minimum atomic E-state index is -1.13. The third kappa shape index (κ3) is 12.5. The van der Waals surface area contributed by atoms with Crippen LogP contribution in [0.15, 0.2) is 91.0 Å². The molecule has 0 saturated heterocycles. The van der Waals surface area contributed by atoms with Crippen LogP contribution in [0.2, 0.25) is 0 Å². The van der Waals surface area contributed by atoms with Gasteiger partial charge in [0, 0.05) is 0 Å². The Morgan fingerprint density at radius 3 is 0.724 bits per heavy atom. The largest absolute Gasteiger partial charge is 2.00 e. The predicted octanol–water partition coefficient (Wildman–Crippen LogP) is -2.85. The first-order chi connectivity index (χ1) is 12.9. The molecule has 0 heterocycles. The average molecular weight is 418 g/mol. The summed E-state index contributed by atoms with van der Waals surface area (Å²) in [6.45, 7) is 0. The fraction of sp³-hybridized carbons (Fsp3) is 0. The third-order valence-electron chi connectivity index (χ3n) is 3.03. The van der Waals surface area contributed by atoms with Gasteiger partial charge in [-0.3, -0.25) is 0 Å². The van der Waals surface area contributed by atoms with E-state index in [2.05, 4.69) is 0 Å². The van der Waals surface area contributed by atoms with E-state index in [1.807, 2.05) is 0 Å². The van der Waals surface area contributed by atoms with E-state index in [0.717, 1.165) is 0 Å². The van der Waals surface area contributed by atoms with E-state index >= 15 is 0 Å². The zero-order chi connectivity index (χ0) is 20.1. The number of hydrogen-bond donors (Lipinski definition) is 0. The minimum absolute atomic E-state index is 0. The zero-order valence-electron chi connectivity index (χ0n) is 15.5. The molecular weight excluding hydrogens is 403 g/mol. The van der Waals surface area contributed by atoms with Crippen molar-refractivity contribution in [1.82, 2.24) is 0 Å². The van der Waals surface area contributed by atoms with Gasteiger partial charge in [-0.25, -0.2) is 0 Å². The van der Waals surface area contributed by atoms with Gasteiger partial charge >= 0.3 is 43.1 Å². The standard InChI is InChI=1S/3C7H6O2.Na.S/c3*8-7(9)6-4-2-1-3-5-6;;/h3*1-5H,(H,8,9);;/q;;;+1;+2/p-3. The second kappa shape index (κ2) is 16.4.